The number of carbonyl (C=O) groups excluding carboxylic acids is 1. The number of aromatic hydroxyl groups is 1. The molecular weight excluding hydrogens is 216 g/mol. The number of hydrogen-bond donors (Lipinski definition) is 1. The first-order chi connectivity index (χ1) is 7.98. The molecule has 3 heteroatoms. The molecule has 0 amide bonds. The van der Waals surface area contributed by atoms with Crippen molar-refractivity contribution < 1.29 is 14.6 Å². The highest BCUT2D eigenvalue weighted by atomic mass is 16.5. The van der Waals surface area contributed by atoms with Crippen molar-refractivity contribution in [3.05, 3.63) is 28.8 Å². The Labute approximate surface area is 100 Å². The van der Waals surface area contributed by atoms with Gasteiger partial charge in [0.05, 0.1) is 0 Å². The molecule has 2 aliphatic rings. The Kier molecular flexibility index (Phi) is 1.90. The molecule has 1 heterocycles. The molecule has 3 nitrogen and oxygen atoms in total. The number of phenols is 1. The molecule has 1 aromatic carbocycles. The van der Waals surface area contributed by atoms with Gasteiger partial charge in [-0.25, -0.2) is 4.79 Å². The lowest BCUT2D eigenvalue weighted by molar-refractivity contribution is 0.0169. The van der Waals surface area contributed by atoms with Crippen molar-refractivity contribution in [2.45, 2.75) is 38.7 Å². The second-order valence-corrected chi connectivity index (χ2v) is 5.35. The summed E-state index contributed by atoms with van der Waals surface area (Å²) < 4.78 is 5.40. The summed E-state index contributed by atoms with van der Waals surface area (Å²) in [5.41, 5.74) is 2.01. The van der Waals surface area contributed by atoms with Crippen LogP contribution >= 0.6 is 0 Å². The van der Waals surface area contributed by atoms with Crippen LogP contribution in [0.5, 0.6) is 5.75 Å². The number of cyclic esters (lactones) is 1. The van der Waals surface area contributed by atoms with Crippen LogP contribution in [-0.4, -0.2) is 17.2 Å². The van der Waals surface area contributed by atoms with Gasteiger partial charge in [0.15, 0.2) is 0 Å². The van der Waals surface area contributed by atoms with Crippen molar-refractivity contribution in [2.24, 2.45) is 5.92 Å². The minimum absolute atomic E-state index is 0.0611. The average Bonchev–Trinajstić information content (AvgIpc) is 2.93. The van der Waals surface area contributed by atoms with Gasteiger partial charge >= 0.3 is 5.97 Å². The van der Waals surface area contributed by atoms with Gasteiger partial charge in [0.25, 0.3) is 0 Å². The van der Waals surface area contributed by atoms with Crippen LogP contribution < -0.4 is 0 Å². The van der Waals surface area contributed by atoms with Crippen LogP contribution in [-0.2, 0) is 10.2 Å². The molecule has 1 saturated carbocycles. The molecule has 0 aromatic heterocycles. The van der Waals surface area contributed by atoms with Crippen LogP contribution in [0.2, 0.25) is 0 Å². The Bertz CT molecular complexity index is 520. The number of esters is 1. The molecule has 1 N–H and O–H groups in total. The molecule has 1 spiro atoms. The van der Waals surface area contributed by atoms with E-state index < -0.39 is 5.97 Å². The van der Waals surface area contributed by atoms with Crippen molar-refractivity contribution >= 4 is 5.97 Å². The SMILES string of the molecule is Cc1ccc2c(c1O)C(=O)O[C@H](C)C21C[C@H]1C. The van der Waals surface area contributed by atoms with Crippen molar-refractivity contribution in [2.75, 3.05) is 0 Å². The standard InChI is InChI=1S/C14H16O3/c1-7-4-5-10-11(12(7)15)13(16)17-9(3)14(10)6-8(14)2/h4-5,8-9,15H,6H2,1-3H3/t8-,9-,14?/m1/s1. The Morgan fingerprint density at radius 2 is 2.06 bits per heavy atom. The Morgan fingerprint density at radius 1 is 1.41 bits per heavy atom. The highest BCUT2D eigenvalue weighted by Gasteiger charge is 2.61. The average molecular weight is 232 g/mol. The summed E-state index contributed by atoms with van der Waals surface area (Å²) in [6, 6.07) is 3.86. The number of benzene rings is 1. The second-order valence-electron chi connectivity index (χ2n) is 5.35. The number of rotatable bonds is 0. The van der Waals surface area contributed by atoms with E-state index in [1.165, 1.54) is 0 Å². The Balaban J connectivity index is 2.27. The fourth-order valence-electron chi connectivity index (χ4n) is 3.22. The zero-order chi connectivity index (χ0) is 12.4. The molecular formula is C14H16O3. The molecule has 0 radical (unpaired) electrons. The van der Waals surface area contributed by atoms with Gasteiger partial charge in [0.2, 0.25) is 0 Å². The summed E-state index contributed by atoms with van der Waals surface area (Å²) in [7, 11) is 0. The largest absolute Gasteiger partial charge is 0.507 e. The van der Waals surface area contributed by atoms with Crippen molar-refractivity contribution in [3.63, 3.8) is 0 Å². The van der Waals surface area contributed by atoms with Gasteiger partial charge in [0.1, 0.15) is 17.4 Å². The maximum atomic E-state index is 11.9. The first kappa shape index (κ1) is 10.6. The quantitative estimate of drug-likeness (QED) is 0.699. The maximum absolute atomic E-state index is 11.9. The van der Waals surface area contributed by atoms with E-state index in [1.807, 2.05) is 19.1 Å². The van der Waals surface area contributed by atoms with Crippen molar-refractivity contribution in [1.29, 1.82) is 0 Å². The summed E-state index contributed by atoms with van der Waals surface area (Å²) in [4.78, 5) is 11.9. The normalized spacial score (nSPS) is 34.4. The highest BCUT2D eigenvalue weighted by Crippen LogP contribution is 2.60. The molecule has 0 bridgehead atoms. The molecule has 0 saturated heterocycles. The third kappa shape index (κ3) is 1.14. The van der Waals surface area contributed by atoms with Crippen LogP contribution in [0.1, 0.15) is 41.8 Å². The Morgan fingerprint density at radius 3 is 2.65 bits per heavy atom. The predicted molar refractivity (Wildman–Crippen MR) is 63.2 cm³/mol. The van der Waals surface area contributed by atoms with E-state index in [2.05, 4.69) is 6.92 Å². The van der Waals surface area contributed by atoms with E-state index in [4.69, 9.17) is 4.74 Å². The fourth-order valence-corrected chi connectivity index (χ4v) is 3.22. The Hall–Kier alpha value is -1.51. The number of carbonyl (C=O) groups is 1. The van der Waals surface area contributed by atoms with Gasteiger partial charge in [-0.2, -0.15) is 0 Å². The summed E-state index contributed by atoms with van der Waals surface area (Å²) in [5, 5.41) is 10.0. The highest BCUT2D eigenvalue weighted by molar-refractivity contribution is 5.96. The van der Waals surface area contributed by atoms with Crippen LogP contribution in [0.4, 0.5) is 0 Å². The topological polar surface area (TPSA) is 46.5 Å². The third-order valence-electron chi connectivity index (χ3n) is 4.46. The van der Waals surface area contributed by atoms with Crippen molar-refractivity contribution in [3.8, 4) is 5.75 Å². The van der Waals surface area contributed by atoms with E-state index in [-0.39, 0.29) is 17.3 Å². The lowest BCUT2D eigenvalue weighted by atomic mass is 9.82. The molecule has 17 heavy (non-hydrogen) atoms. The molecule has 1 unspecified atom stereocenters. The molecule has 3 atom stereocenters. The number of fused-ring (bicyclic) bond motifs is 2. The predicted octanol–water partition coefficient (Wildman–Crippen LogP) is 2.54. The fraction of sp³-hybridized carbons (Fsp3) is 0.500. The smallest absolute Gasteiger partial charge is 0.342 e. The van der Waals surface area contributed by atoms with Crippen LogP contribution in [0.15, 0.2) is 12.1 Å². The summed E-state index contributed by atoms with van der Waals surface area (Å²) in [6.45, 7) is 5.90. The van der Waals surface area contributed by atoms with Gasteiger partial charge in [-0.05, 0) is 37.3 Å². The summed E-state index contributed by atoms with van der Waals surface area (Å²) in [6.07, 6.45) is 0.927. The van der Waals surface area contributed by atoms with E-state index in [1.54, 1.807) is 6.92 Å². The molecule has 1 aliphatic heterocycles. The summed E-state index contributed by atoms with van der Waals surface area (Å²) >= 11 is 0. The van der Waals surface area contributed by atoms with E-state index in [0.717, 1.165) is 17.5 Å². The van der Waals surface area contributed by atoms with Crippen LogP contribution in [0, 0.1) is 12.8 Å². The second kappa shape index (κ2) is 3.03. The first-order valence-electron chi connectivity index (χ1n) is 6.02. The zero-order valence-corrected chi connectivity index (χ0v) is 10.3. The lowest BCUT2D eigenvalue weighted by Crippen LogP contribution is -2.37. The van der Waals surface area contributed by atoms with Gasteiger partial charge < -0.3 is 9.84 Å². The molecule has 1 aliphatic carbocycles. The van der Waals surface area contributed by atoms with E-state index in [0.29, 0.717) is 11.5 Å². The lowest BCUT2D eigenvalue weighted by Gasteiger charge is -2.32. The molecule has 1 aromatic rings. The van der Waals surface area contributed by atoms with Crippen molar-refractivity contribution in [1.82, 2.24) is 0 Å². The van der Waals surface area contributed by atoms with Gasteiger partial charge in [-0.1, -0.05) is 19.1 Å². The van der Waals surface area contributed by atoms with Gasteiger partial charge in [-0.3, -0.25) is 0 Å². The number of aryl methyl sites for hydroxylation is 1. The maximum Gasteiger partial charge on any atom is 0.342 e. The minimum Gasteiger partial charge on any atom is -0.507 e. The minimum atomic E-state index is -0.390. The number of ether oxygens (including phenoxy) is 1. The molecule has 1 fully saturated rings. The number of hydrogen-bond acceptors (Lipinski definition) is 3. The third-order valence-corrected chi connectivity index (χ3v) is 4.46. The number of phenolic OH excluding ortho intramolecular Hbond substituents is 1. The summed E-state index contributed by atoms with van der Waals surface area (Å²) in [5.74, 6) is 0.197. The van der Waals surface area contributed by atoms with Gasteiger partial charge in [0, 0.05) is 5.41 Å². The van der Waals surface area contributed by atoms with E-state index in [9.17, 15) is 9.90 Å². The van der Waals surface area contributed by atoms with E-state index >= 15 is 0 Å². The molecule has 3 rings (SSSR count). The molecule has 90 valence electrons. The van der Waals surface area contributed by atoms with Crippen LogP contribution in [0.25, 0.3) is 0 Å². The first-order valence-corrected chi connectivity index (χ1v) is 6.02. The monoisotopic (exact) mass is 232 g/mol. The zero-order valence-electron chi connectivity index (χ0n) is 10.3. The van der Waals surface area contributed by atoms with Gasteiger partial charge in [-0.15, -0.1) is 0 Å². The van der Waals surface area contributed by atoms with Crippen LogP contribution in [0.3, 0.4) is 0 Å².